The van der Waals surface area contributed by atoms with Crippen LogP contribution in [0.2, 0.25) is 0 Å². The van der Waals surface area contributed by atoms with Gasteiger partial charge < -0.3 is 10.1 Å². The third-order valence-electron chi connectivity index (χ3n) is 3.25. The number of anilines is 1. The lowest BCUT2D eigenvalue weighted by molar-refractivity contribution is 0.101. The smallest absolute Gasteiger partial charge is 0.265 e. The maximum atomic E-state index is 12.2. The lowest BCUT2D eigenvalue weighted by atomic mass is 10.2. The second-order valence-corrected chi connectivity index (χ2v) is 6.14. The van der Waals surface area contributed by atoms with E-state index in [1.54, 1.807) is 41.8 Å². The van der Waals surface area contributed by atoms with Crippen LogP contribution in [-0.2, 0) is 0 Å². The molecule has 0 unspecified atom stereocenters. The van der Waals surface area contributed by atoms with E-state index in [9.17, 15) is 9.59 Å². The van der Waals surface area contributed by atoms with E-state index < -0.39 is 0 Å². The number of Topliss-reactive ketones (excluding diaryl/α,β-unsaturated/α-hetero) is 1. The van der Waals surface area contributed by atoms with Gasteiger partial charge in [-0.3, -0.25) is 14.7 Å². The Labute approximate surface area is 142 Å². The average Bonchev–Trinajstić information content (AvgIpc) is 3.18. The first-order chi connectivity index (χ1) is 11.5. The van der Waals surface area contributed by atoms with Crippen LogP contribution in [0.1, 0.15) is 32.6 Å². The molecular weight excluding hydrogens is 326 g/mol. The zero-order chi connectivity index (χ0) is 17.1. The topological polar surface area (TPSA) is 84.1 Å². The van der Waals surface area contributed by atoms with Crippen LogP contribution in [0.4, 0.5) is 5.69 Å². The predicted octanol–water partition coefficient (Wildman–Crippen LogP) is 4.03. The zero-order valence-corrected chi connectivity index (χ0v) is 13.9. The van der Waals surface area contributed by atoms with Gasteiger partial charge in [0.2, 0.25) is 5.88 Å². The summed E-state index contributed by atoms with van der Waals surface area (Å²) in [5.74, 6) is 0.804. The van der Waals surface area contributed by atoms with Gasteiger partial charge in [0.25, 0.3) is 5.91 Å². The van der Waals surface area contributed by atoms with Crippen molar-refractivity contribution >= 4 is 28.7 Å². The third-order valence-corrected chi connectivity index (χ3v) is 4.18. The first-order valence-electron chi connectivity index (χ1n) is 7.22. The minimum Gasteiger partial charge on any atom is -0.438 e. The number of amides is 1. The number of nitrogens with one attached hydrogen (secondary N) is 2. The number of hydrogen-bond acceptors (Lipinski definition) is 5. The molecule has 0 fully saturated rings. The summed E-state index contributed by atoms with van der Waals surface area (Å²) < 4.78 is 5.58. The van der Waals surface area contributed by atoms with Crippen LogP contribution in [0.5, 0.6) is 11.6 Å². The highest BCUT2D eigenvalue weighted by Gasteiger charge is 2.11. The number of benzene rings is 1. The lowest BCUT2D eigenvalue weighted by Gasteiger charge is -2.05. The number of aromatic amines is 1. The molecule has 0 aliphatic rings. The molecule has 2 N–H and O–H groups in total. The van der Waals surface area contributed by atoms with Gasteiger partial charge in [0.15, 0.2) is 5.78 Å². The Morgan fingerprint density at radius 3 is 2.54 bits per heavy atom. The molecule has 3 rings (SSSR count). The van der Waals surface area contributed by atoms with Crippen LogP contribution in [0.25, 0.3) is 0 Å². The monoisotopic (exact) mass is 341 g/mol. The Balaban J connectivity index is 1.64. The van der Waals surface area contributed by atoms with Gasteiger partial charge in [-0.1, -0.05) is 0 Å². The molecule has 1 aromatic carbocycles. The minimum absolute atomic E-state index is 0.0552. The number of carbonyl (C=O) groups is 2. The second-order valence-electron chi connectivity index (χ2n) is 5.23. The molecule has 0 spiro atoms. The molecule has 0 aliphatic heterocycles. The molecule has 2 heterocycles. The quantitative estimate of drug-likeness (QED) is 0.686. The molecular formula is C17H15N3O3S. The Hall–Kier alpha value is -2.93. The maximum absolute atomic E-state index is 12.2. The number of aryl methyl sites for hydroxylation is 1. The minimum atomic E-state index is -0.246. The Kier molecular flexibility index (Phi) is 4.43. The summed E-state index contributed by atoms with van der Waals surface area (Å²) in [6.07, 6.45) is 0. The molecule has 0 atom stereocenters. The highest BCUT2D eigenvalue weighted by molar-refractivity contribution is 7.12. The summed E-state index contributed by atoms with van der Waals surface area (Å²) >= 11 is 1.24. The van der Waals surface area contributed by atoms with Crippen LogP contribution in [0.15, 0.2) is 41.8 Å². The van der Waals surface area contributed by atoms with Gasteiger partial charge in [0.05, 0.1) is 4.88 Å². The number of thiophene rings is 1. The third kappa shape index (κ3) is 3.69. The van der Waals surface area contributed by atoms with Gasteiger partial charge in [-0.25, -0.2) is 0 Å². The Morgan fingerprint density at radius 2 is 1.96 bits per heavy atom. The SMILES string of the molecule is CC(=O)c1csc(C(=O)Nc2ccc(Oc3cc(C)[nH]n3)cc2)c1. The van der Waals surface area contributed by atoms with Crippen molar-refractivity contribution in [1.29, 1.82) is 0 Å². The highest BCUT2D eigenvalue weighted by atomic mass is 32.1. The van der Waals surface area contributed by atoms with Crippen molar-refractivity contribution in [3.8, 4) is 11.6 Å². The highest BCUT2D eigenvalue weighted by Crippen LogP contribution is 2.23. The predicted molar refractivity (Wildman–Crippen MR) is 92.1 cm³/mol. The van der Waals surface area contributed by atoms with E-state index in [2.05, 4.69) is 15.5 Å². The van der Waals surface area contributed by atoms with Crippen molar-refractivity contribution in [2.45, 2.75) is 13.8 Å². The van der Waals surface area contributed by atoms with Crippen molar-refractivity contribution in [2.24, 2.45) is 0 Å². The van der Waals surface area contributed by atoms with Gasteiger partial charge >= 0.3 is 0 Å². The van der Waals surface area contributed by atoms with Crippen LogP contribution in [0, 0.1) is 6.92 Å². The molecule has 2 aromatic heterocycles. The molecule has 122 valence electrons. The van der Waals surface area contributed by atoms with E-state index in [0.29, 0.717) is 27.8 Å². The van der Waals surface area contributed by atoms with Gasteiger partial charge in [-0.05, 0) is 44.2 Å². The van der Waals surface area contributed by atoms with Crippen molar-refractivity contribution in [2.75, 3.05) is 5.32 Å². The largest absolute Gasteiger partial charge is 0.438 e. The lowest BCUT2D eigenvalue weighted by Crippen LogP contribution is -2.10. The fraction of sp³-hybridized carbons (Fsp3) is 0.118. The summed E-state index contributed by atoms with van der Waals surface area (Å²) in [5.41, 5.74) is 2.10. The van der Waals surface area contributed by atoms with E-state index in [-0.39, 0.29) is 11.7 Å². The van der Waals surface area contributed by atoms with Crippen LogP contribution >= 0.6 is 11.3 Å². The molecule has 24 heavy (non-hydrogen) atoms. The number of aromatic nitrogens is 2. The van der Waals surface area contributed by atoms with Crippen molar-refractivity contribution < 1.29 is 14.3 Å². The number of H-pyrrole nitrogens is 1. The molecule has 1 amide bonds. The number of carbonyl (C=O) groups excluding carboxylic acids is 2. The summed E-state index contributed by atoms with van der Waals surface area (Å²) in [6.45, 7) is 3.36. The molecule has 0 saturated heterocycles. The number of nitrogens with zero attached hydrogens (tertiary/aromatic N) is 1. The summed E-state index contributed by atoms with van der Waals surface area (Å²) in [6, 6.07) is 10.4. The molecule has 7 heteroatoms. The summed E-state index contributed by atoms with van der Waals surface area (Å²) in [5, 5.41) is 11.3. The zero-order valence-electron chi connectivity index (χ0n) is 13.1. The Morgan fingerprint density at radius 1 is 1.21 bits per heavy atom. The first kappa shape index (κ1) is 15.9. The number of hydrogen-bond donors (Lipinski definition) is 2. The number of ketones is 1. The fourth-order valence-electron chi connectivity index (χ4n) is 2.00. The molecule has 0 saturated carbocycles. The maximum Gasteiger partial charge on any atom is 0.265 e. The second kappa shape index (κ2) is 6.67. The van der Waals surface area contributed by atoms with Crippen LogP contribution in [0.3, 0.4) is 0 Å². The normalized spacial score (nSPS) is 10.4. The van der Waals surface area contributed by atoms with Crippen LogP contribution in [-0.4, -0.2) is 21.9 Å². The Bertz CT molecular complexity index is 881. The van der Waals surface area contributed by atoms with E-state index in [1.165, 1.54) is 18.3 Å². The molecule has 6 nitrogen and oxygen atoms in total. The van der Waals surface area contributed by atoms with Gasteiger partial charge in [-0.15, -0.1) is 16.4 Å². The molecule has 0 radical (unpaired) electrons. The standard InChI is InChI=1S/C17H15N3O3S/c1-10-7-16(20-19-10)23-14-5-3-13(4-6-14)18-17(22)15-8-12(9-24-15)11(2)21/h3-9H,1-2H3,(H,18,22)(H,19,20). The number of ether oxygens (including phenoxy) is 1. The van der Waals surface area contributed by atoms with E-state index in [4.69, 9.17) is 4.74 Å². The van der Waals surface area contributed by atoms with E-state index >= 15 is 0 Å². The molecule has 3 aromatic rings. The summed E-state index contributed by atoms with van der Waals surface area (Å²) in [7, 11) is 0. The van der Waals surface area contributed by atoms with Gasteiger partial charge in [0, 0.05) is 28.4 Å². The van der Waals surface area contributed by atoms with Crippen LogP contribution < -0.4 is 10.1 Å². The van der Waals surface area contributed by atoms with Gasteiger partial charge in [0.1, 0.15) is 5.75 Å². The van der Waals surface area contributed by atoms with Crippen molar-refractivity contribution in [3.05, 3.63) is 57.9 Å². The first-order valence-corrected chi connectivity index (χ1v) is 8.10. The number of rotatable bonds is 5. The van der Waals surface area contributed by atoms with Crippen molar-refractivity contribution in [3.63, 3.8) is 0 Å². The van der Waals surface area contributed by atoms with Crippen molar-refractivity contribution in [1.82, 2.24) is 10.2 Å². The summed E-state index contributed by atoms with van der Waals surface area (Å²) in [4.78, 5) is 23.9. The average molecular weight is 341 g/mol. The fourth-order valence-corrected chi connectivity index (χ4v) is 2.85. The molecule has 0 aliphatic carbocycles. The van der Waals surface area contributed by atoms with Gasteiger partial charge in [-0.2, -0.15) is 0 Å². The molecule has 0 bridgehead atoms. The van der Waals surface area contributed by atoms with E-state index in [1.807, 2.05) is 6.92 Å². The van der Waals surface area contributed by atoms with E-state index in [0.717, 1.165) is 5.69 Å².